The second-order valence-electron chi connectivity index (χ2n) is 7.82. The van der Waals surface area contributed by atoms with Gasteiger partial charge >= 0.3 is 0 Å². The Balaban J connectivity index is 1.38. The van der Waals surface area contributed by atoms with Crippen molar-refractivity contribution in [3.63, 3.8) is 0 Å². The zero-order valence-electron chi connectivity index (χ0n) is 13.8. The highest BCUT2D eigenvalue weighted by Gasteiger charge is 2.51. The van der Waals surface area contributed by atoms with E-state index in [0.717, 1.165) is 17.8 Å². The quantitative estimate of drug-likeness (QED) is 0.761. The fourth-order valence-corrected chi connectivity index (χ4v) is 7.22. The molecule has 4 aliphatic rings. The summed E-state index contributed by atoms with van der Waals surface area (Å²) in [5, 5.41) is 3.75. The second-order valence-corrected chi connectivity index (χ2v) is 10.1. The number of pyridine rings is 1. The van der Waals surface area contributed by atoms with Crippen molar-refractivity contribution in [1.82, 2.24) is 4.98 Å². The van der Waals surface area contributed by atoms with Gasteiger partial charge in [-0.15, -0.1) is 11.8 Å². The molecule has 5 rings (SSSR count). The van der Waals surface area contributed by atoms with Gasteiger partial charge in [0.2, 0.25) is 5.91 Å². The molecule has 1 N–H and O–H groups in total. The van der Waals surface area contributed by atoms with Crippen molar-refractivity contribution >= 4 is 46.7 Å². The minimum Gasteiger partial charge on any atom is -0.309 e. The van der Waals surface area contributed by atoms with Crippen LogP contribution in [-0.2, 0) is 4.79 Å². The number of hydrogen-bond donors (Lipinski definition) is 1. The molecule has 0 aromatic carbocycles. The Kier molecular flexibility index (Phi) is 4.51. The predicted octanol–water partition coefficient (Wildman–Crippen LogP) is 5.34. The summed E-state index contributed by atoms with van der Waals surface area (Å²) in [6, 6.07) is 1.63. The maximum absolute atomic E-state index is 12.4. The largest absolute Gasteiger partial charge is 0.309 e. The fourth-order valence-electron chi connectivity index (χ4n) is 5.24. The molecule has 0 atom stereocenters. The first-order valence-electron chi connectivity index (χ1n) is 8.69. The number of nitrogens with zero attached hydrogens (tertiary/aromatic N) is 1. The number of carbonyl (C=O) groups is 1. The van der Waals surface area contributed by atoms with Crippen molar-refractivity contribution in [2.24, 2.45) is 17.8 Å². The molecule has 1 aromatic rings. The molecular weight excluding hydrogens is 363 g/mol. The number of nitrogens with one attached hydrogen (secondary N) is 1. The lowest BCUT2D eigenvalue weighted by molar-refractivity contribution is -0.113. The lowest BCUT2D eigenvalue weighted by atomic mass is 9.56. The van der Waals surface area contributed by atoms with E-state index in [4.69, 9.17) is 23.2 Å². The summed E-state index contributed by atoms with van der Waals surface area (Å²) in [5.74, 6) is 3.58. The van der Waals surface area contributed by atoms with Gasteiger partial charge in [-0.2, -0.15) is 0 Å². The lowest BCUT2D eigenvalue weighted by Crippen LogP contribution is -2.49. The van der Waals surface area contributed by atoms with Crippen molar-refractivity contribution in [2.75, 3.05) is 11.1 Å². The molecule has 4 bridgehead atoms. The van der Waals surface area contributed by atoms with E-state index in [1.54, 1.807) is 13.0 Å². The van der Waals surface area contributed by atoms with E-state index in [-0.39, 0.29) is 5.91 Å². The van der Waals surface area contributed by atoms with Gasteiger partial charge in [-0.25, -0.2) is 4.98 Å². The molecule has 130 valence electrons. The minimum atomic E-state index is -0.0214. The van der Waals surface area contributed by atoms with Gasteiger partial charge in [0.05, 0.1) is 21.5 Å². The first-order valence-corrected chi connectivity index (χ1v) is 10.4. The number of aryl methyl sites for hydroxylation is 1. The van der Waals surface area contributed by atoms with Gasteiger partial charge in [-0.1, -0.05) is 23.2 Å². The third-order valence-electron chi connectivity index (χ3n) is 5.85. The van der Waals surface area contributed by atoms with Gasteiger partial charge in [0, 0.05) is 4.75 Å². The van der Waals surface area contributed by atoms with Crippen molar-refractivity contribution < 1.29 is 4.79 Å². The number of aromatic nitrogens is 1. The highest BCUT2D eigenvalue weighted by Crippen LogP contribution is 2.60. The molecule has 0 radical (unpaired) electrons. The van der Waals surface area contributed by atoms with Crippen LogP contribution in [0.5, 0.6) is 0 Å². The SMILES string of the molecule is Cc1nc(NC(=O)CSC23CC4CC(CC(C4)C2)C3)c(Cl)cc1Cl. The van der Waals surface area contributed by atoms with Crippen LogP contribution in [0, 0.1) is 24.7 Å². The Morgan fingerprint density at radius 2 is 1.79 bits per heavy atom. The van der Waals surface area contributed by atoms with E-state index < -0.39 is 0 Å². The average Bonchev–Trinajstić information content (AvgIpc) is 2.49. The maximum atomic E-state index is 12.4. The summed E-state index contributed by atoms with van der Waals surface area (Å²) < 4.78 is 0.346. The number of hydrogen-bond acceptors (Lipinski definition) is 3. The van der Waals surface area contributed by atoms with Crippen LogP contribution in [-0.4, -0.2) is 21.4 Å². The molecule has 1 amide bonds. The molecule has 24 heavy (non-hydrogen) atoms. The van der Waals surface area contributed by atoms with Crippen LogP contribution in [0.1, 0.15) is 44.2 Å². The van der Waals surface area contributed by atoms with Gasteiger partial charge in [0.15, 0.2) is 5.82 Å². The van der Waals surface area contributed by atoms with Crippen LogP contribution >= 0.6 is 35.0 Å². The number of amides is 1. The van der Waals surface area contributed by atoms with Gasteiger partial charge in [-0.05, 0) is 69.3 Å². The summed E-state index contributed by atoms with van der Waals surface area (Å²) in [4.78, 5) is 16.7. The third-order valence-corrected chi connectivity index (χ3v) is 8.04. The summed E-state index contributed by atoms with van der Waals surface area (Å²) in [6.45, 7) is 1.80. The zero-order chi connectivity index (χ0) is 16.9. The highest BCUT2D eigenvalue weighted by molar-refractivity contribution is 8.01. The van der Waals surface area contributed by atoms with E-state index in [0.29, 0.717) is 32.1 Å². The zero-order valence-corrected chi connectivity index (χ0v) is 16.1. The first-order chi connectivity index (χ1) is 11.4. The Bertz CT molecular complexity index is 644. The lowest BCUT2D eigenvalue weighted by Gasteiger charge is -2.56. The number of thioether (sulfide) groups is 1. The normalized spacial score (nSPS) is 33.7. The van der Waals surface area contributed by atoms with E-state index in [1.807, 2.05) is 11.8 Å². The Hall–Kier alpha value is -0.450. The maximum Gasteiger partial charge on any atom is 0.235 e. The van der Waals surface area contributed by atoms with E-state index in [1.165, 1.54) is 38.5 Å². The van der Waals surface area contributed by atoms with E-state index in [9.17, 15) is 4.79 Å². The van der Waals surface area contributed by atoms with Gasteiger partial charge in [0.25, 0.3) is 0 Å². The Labute approximate surface area is 157 Å². The summed E-state index contributed by atoms with van der Waals surface area (Å²) >= 11 is 14.0. The molecule has 4 saturated carbocycles. The molecule has 0 aliphatic heterocycles. The molecule has 0 spiro atoms. The molecule has 0 saturated heterocycles. The van der Waals surface area contributed by atoms with Crippen LogP contribution < -0.4 is 5.32 Å². The van der Waals surface area contributed by atoms with Gasteiger partial charge in [-0.3, -0.25) is 4.79 Å². The van der Waals surface area contributed by atoms with Crippen molar-refractivity contribution in [3.05, 3.63) is 21.8 Å². The standard InChI is InChI=1S/C18H22Cl2N2OS/c1-10-14(19)5-15(20)17(21-10)22-16(23)9-24-18-6-11-2-12(7-18)4-13(3-11)8-18/h5,11-13H,2-4,6-9H2,1H3,(H,21,22,23). The Morgan fingerprint density at radius 1 is 1.21 bits per heavy atom. The third kappa shape index (κ3) is 3.30. The molecule has 6 heteroatoms. The molecule has 3 nitrogen and oxygen atoms in total. The summed E-state index contributed by atoms with van der Waals surface area (Å²) in [7, 11) is 0. The van der Waals surface area contributed by atoms with Crippen molar-refractivity contribution in [1.29, 1.82) is 0 Å². The van der Waals surface area contributed by atoms with Gasteiger partial charge in [0.1, 0.15) is 0 Å². The summed E-state index contributed by atoms with van der Waals surface area (Å²) in [6.07, 6.45) is 8.18. The Morgan fingerprint density at radius 3 is 2.38 bits per heavy atom. The van der Waals surface area contributed by atoms with Crippen molar-refractivity contribution in [3.8, 4) is 0 Å². The molecule has 0 unspecified atom stereocenters. The van der Waals surface area contributed by atoms with Crippen LogP contribution in [0.4, 0.5) is 5.82 Å². The fraction of sp³-hybridized carbons (Fsp3) is 0.667. The summed E-state index contributed by atoms with van der Waals surface area (Å²) in [5.41, 5.74) is 0.671. The topological polar surface area (TPSA) is 42.0 Å². The van der Waals surface area contributed by atoms with Crippen LogP contribution in [0.15, 0.2) is 6.07 Å². The molecule has 1 aromatic heterocycles. The molecular formula is C18H22Cl2N2OS. The average molecular weight is 385 g/mol. The second kappa shape index (κ2) is 6.37. The number of halogens is 2. The van der Waals surface area contributed by atoms with Crippen LogP contribution in [0.2, 0.25) is 10.0 Å². The monoisotopic (exact) mass is 384 g/mol. The number of anilines is 1. The highest BCUT2D eigenvalue weighted by atomic mass is 35.5. The molecule has 4 fully saturated rings. The van der Waals surface area contributed by atoms with Crippen LogP contribution in [0.25, 0.3) is 0 Å². The molecule has 1 heterocycles. The van der Waals surface area contributed by atoms with E-state index >= 15 is 0 Å². The number of rotatable bonds is 4. The molecule has 4 aliphatic carbocycles. The smallest absolute Gasteiger partial charge is 0.235 e. The number of carbonyl (C=O) groups excluding carboxylic acids is 1. The first kappa shape index (κ1) is 17.0. The van der Waals surface area contributed by atoms with Crippen LogP contribution in [0.3, 0.4) is 0 Å². The predicted molar refractivity (Wildman–Crippen MR) is 101 cm³/mol. The van der Waals surface area contributed by atoms with E-state index in [2.05, 4.69) is 10.3 Å². The van der Waals surface area contributed by atoms with Gasteiger partial charge < -0.3 is 5.32 Å². The van der Waals surface area contributed by atoms with Crippen molar-refractivity contribution in [2.45, 2.75) is 50.2 Å². The minimum absolute atomic E-state index is 0.0214.